The number of halogens is 1. The number of aromatic nitrogens is 2. The van der Waals surface area contributed by atoms with Gasteiger partial charge in [-0.2, -0.15) is 0 Å². The Labute approximate surface area is 136 Å². The molecule has 0 bridgehead atoms. The van der Waals surface area contributed by atoms with Gasteiger partial charge in [0.15, 0.2) is 5.76 Å². The number of allylic oxidation sites excluding steroid dienone is 1. The van der Waals surface area contributed by atoms with Gasteiger partial charge in [-0.05, 0) is 42.5 Å². The Hall–Kier alpha value is -3.41. The minimum absolute atomic E-state index is 0.212. The lowest BCUT2D eigenvalue weighted by Gasteiger charge is -2.07. The molecule has 2 aromatic heterocycles. The van der Waals surface area contributed by atoms with E-state index in [1.54, 1.807) is 30.6 Å². The first-order valence-corrected chi connectivity index (χ1v) is 7.29. The molecule has 1 aliphatic heterocycles. The number of ether oxygens (including phenoxy) is 1. The molecule has 2 N–H and O–H groups in total. The van der Waals surface area contributed by atoms with Crippen molar-refractivity contribution in [3.63, 3.8) is 0 Å². The molecule has 3 heterocycles. The molecule has 0 atom stereocenters. The van der Waals surface area contributed by atoms with Crippen LogP contribution in [0.3, 0.4) is 0 Å². The molecule has 0 amide bonds. The number of benzene rings is 1. The quantitative estimate of drug-likeness (QED) is 0.723. The fourth-order valence-electron chi connectivity index (χ4n) is 2.46. The van der Waals surface area contributed by atoms with Crippen LogP contribution in [0.4, 0.5) is 10.1 Å². The molecule has 3 aromatic rings. The first-order valence-electron chi connectivity index (χ1n) is 7.29. The number of H-pyrrole nitrogens is 1. The summed E-state index contributed by atoms with van der Waals surface area (Å²) in [6.07, 6.45) is 6.49. The fourth-order valence-corrected chi connectivity index (χ4v) is 2.46. The third-order valence-electron chi connectivity index (χ3n) is 3.61. The molecule has 6 heteroatoms. The van der Waals surface area contributed by atoms with E-state index < -0.39 is 0 Å². The highest BCUT2D eigenvalue weighted by molar-refractivity contribution is 6.09. The average Bonchev–Trinajstić information content (AvgIpc) is 3.14. The van der Waals surface area contributed by atoms with E-state index in [2.05, 4.69) is 15.3 Å². The maximum absolute atomic E-state index is 12.9. The van der Waals surface area contributed by atoms with E-state index in [0.717, 1.165) is 16.6 Å². The number of fused-ring (bicyclic) bond motifs is 1. The van der Waals surface area contributed by atoms with Crippen molar-refractivity contribution in [2.24, 2.45) is 0 Å². The van der Waals surface area contributed by atoms with E-state index in [-0.39, 0.29) is 17.4 Å². The van der Waals surface area contributed by atoms with Gasteiger partial charge >= 0.3 is 0 Å². The minimum atomic E-state index is -0.327. The number of hydrogen-bond donors (Lipinski definition) is 2. The number of rotatable bonds is 3. The summed E-state index contributed by atoms with van der Waals surface area (Å²) in [5, 5.41) is 3.84. The van der Waals surface area contributed by atoms with Gasteiger partial charge in [0, 0.05) is 29.0 Å². The second-order valence-electron chi connectivity index (χ2n) is 5.26. The topological polar surface area (TPSA) is 67.0 Å². The van der Waals surface area contributed by atoms with Gasteiger partial charge in [-0.3, -0.25) is 4.79 Å². The summed E-state index contributed by atoms with van der Waals surface area (Å²) in [5.41, 5.74) is 2.19. The Morgan fingerprint density at radius 2 is 2.04 bits per heavy atom. The second kappa shape index (κ2) is 5.66. The maximum Gasteiger partial charge on any atom is 0.226 e. The van der Waals surface area contributed by atoms with Crippen molar-refractivity contribution in [1.29, 1.82) is 0 Å². The molecule has 1 aliphatic rings. The molecule has 5 nitrogen and oxygen atoms in total. The predicted molar refractivity (Wildman–Crippen MR) is 88.3 cm³/mol. The Bertz CT molecular complexity index is 987. The molecule has 0 saturated carbocycles. The largest absolute Gasteiger partial charge is 0.437 e. The van der Waals surface area contributed by atoms with Crippen molar-refractivity contribution in [3.8, 4) is 0 Å². The van der Waals surface area contributed by atoms with E-state index in [4.69, 9.17) is 4.74 Å². The standard InChI is InChI=1S/C18H12FN3O2/c19-12-3-5-13(6-4-12)22-17-9-15(23)16(24-17)8-11-10-21-18-14(11)2-1-7-20-18/h1-10,22H,(H,20,21)/b16-8-. The predicted octanol–water partition coefficient (Wildman–Crippen LogP) is 3.60. The van der Waals surface area contributed by atoms with Crippen molar-refractivity contribution >= 4 is 28.6 Å². The first kappa shape index (κ1) is 14.2. The van der Waals surface area contributed by atoms with Crippen molar-refractivity contribution in [3.05, 3.63) is 77.9 Å². The summed E-state index contributed by atoms with van der Waals surface area (Å²) in [5.74, 6) is -0.0514. The first-order chi connectivity index (χ1) is 11.7. The molecule has 24 heavy (non-hydrogen) atoms. The third kappa shape index (κ3) is 2.65. The van der Waals surface area contributed by atoms with Crippen LogP contribution in [0.5, 0.6) is 0 Å². The van der Waals surface area contributed by atoms with Crippen molar-refractivity contribution < 1.29 is 13.9 Å². The lowest BCUT2D eigenvalue weighted by Crippen LogP contribution is -1.99. The van der Waals surface area contributed by atoms with E-state index in [9.17, 15) is 9.18 Å². The molecule has 0 saturated heterocycles. The summed E-state index contributed by atoms with van der Waals surface area (Å²) in [7, 11) is 0. The number of nitrogens with one attached hydrogen (secondary N) is 2. The van der Waals surface area contributed by atoms with Crippen LogP contribution in [0.2, 0.25) is 0 Å². The summed E-state index contributed by atoms with van der Waals surface area (Å²) in [6.45, 7) is 0. The van der Waals surface area contributed by atoms with E-state index in [0.29, 0.717) is 11.6 Å². The molecule has 4 rings (SSSR count). The van der Waals surface area contributed by atoms with Crippen LogP contribution < -0.4 is 5.32 Å². The van der Waals surface area contributed by atoms with Gasteiger partial charge in [0.25, 0.3) is 0 Å². The molecule has 0 unspecified atom stereocenters. The number of pyridine rings is 1. The molecule has 0 spiro atoms. The van der Waals surface area contributed by atoms with Gasteiger partial charge in [0.2, 0.25) is 11.7 Å². The average molecular weight is 321 g/mol. The Morgan fingerprint density at radius 3 is 2.88 bits per heavy atom. The molecular formula is C18H12FN3O2. The number of aromatic amines is 1. The monoisotopic (exact) mass is 321 g/mol. The minimum Gasteiger partial charge on any atom is -0.437 e. The number of carbonyl (C=O) groups is 1. The van der Waals surface area contributed by atoms with Crippen molar-refractivity contribution in [1.82, 2.24) is 9.97 Å². The third-order valence-corrected chi connectivity index (χ3v) is 3.61. The number of hydrogen-bond acceptors (Lipinski definition) is 4. The van der Waals surface area contributed by atoms with Crippen molar-refractivity contribution in [2.45, 2.75) is 0 Å². The van der Waals surface area contributed by atoms with Crippen LogP contribution in [0.15, 0.2) is 66.5 Å². The van der Waals surface area contributed by atoms with Crippen LogP contribution in [-0.4, -0.2) is 15.8 Å². The molecular weight excluding hydrogens is 309 g/mol. The number of anilines is 1. The summed E-state index contributed by atoms with van der Waals surface area (Å²) in [4.78, 5) is 19.3. The highest BCUT2D eigenvalue weighted by Gasteiger charge is 2.21. The van der Waals surface area contributed by atoms with E-state index in [1.807, 2.05) is 12.1 Å². The van der Waals surface area contributed by atoms with Crippen LogP contribution in [0, 0.1) is 5.82 Å². The van der Waals surface area contributed by atoms with Crippen LogP contribution in [0.1, 0.15) is 5.56 Å². The van der Waals surface area contributed by atoms with Gasteiger partial charge in [0.05, 0.1) is 6.08 Å². The Morgan fingerprint density at radius 1 is 1.21 bits per heavy atom. The zero-order chi connectivity index (χ0) is 16.5. The SMILES string of the molecule is O=C1C=C(Nc2ccc(F)cc2)O/C1=C\c1c[nH]c2ncccc12. The van der Waals surface area contributed by atoms with E-state index >= 15 is 0 Å². The van der Waals surface area contributed by atoms with E-state index in [1.165, 1.54) is 18.2 Å². The molecule has 0 radical (unpaired) electrons. The van der Waals surface area contributed by atoms with Gasteiger partial charge in [0.1, 0.15) is 11.5 Å². The zero-order valence-corrected chi connectivity index (χ0v) is 12.4. The van der Waals surface area contributed by atoms with Gasteiger partial charge < -0.3 is 15.0 Å². The normalized spacial score (nSPS) is 15.6. The lowest BCUT2D eigenvalue weighted by atomic mass is 10.2. The summed E-state index contributed by atoms with van der Waals surface area (Å²) < 4.78 is 18.5. The van der Waals surface area contributed by atoms with Crippen molar-refractivity contribution in [2.75, 3.05) is 5.32 Å². The molecule has 0 fully saturated rings. The smallest absolute Gasteiger partial charge is 0.226 e. The second-order valence-corrected chi connectivity index (χ2v) is 5.26. The summed E-state index contributed by atoms with van der Waals surface area (Å²) in [6, 6.07) is 9.53. The number of ketones is 1. The van der Waals surface area contributed by atoms with Crippen LogP contribution in [-0.2, 0) is 9.53 Å². The number of nitrogens with zero attached hydrogens (tertiary/aromatic N) is 1. The molecule has 118 valence electrons. The zero-order valence-electron chi connectivity index (χ0n) is 12.4. The highest BCUT2D eigenvalue weighted by atomic mass is 19.1. The lowest BCUT2D eigenvalue weighted by molar-refractivity contribution is -0.112. The molecule has 1 aromatic carbocycles. The maximum atomic E-state index is 12.9. The van der Waals surface area contributed by atoms with Gasteiger partial charge in [-0.15, -0.1) is 0 Å². The Balaban J connectivity index is 1.56. The summed E-state index contributed by atoms with van der Waals surface area (Å²) >= 11 is 0. The number of carbonyl (C=O) groups excluding carboxylic acids is 1. The van der Waals surface area contributed by atoms with Gasteiger partial charge in [-0.1, -0.05) is 0 Å². The Kier molecular flexibility index (Phi) is 3.35. The highest BCUT2D eigenvalue weighted by Crippen LogP contribution is 2.25. The molecule has 0 aliphatic carbocycles. The van der Waals surface area contributed by atoms with Crippen LogP contribution in [0.25, 0.3) is 17.1 Å². The fraction of sp³-hybridized carbons (Fsp3) is 0. The van der Waals surface area contributed by atoms with Gasteiger partial charge in [-0.25, -0.2) is 9.37 Å². The van der Waals surface area contributed by atoms with Crippen LogP contribution >= 0.6 is 0 Å².